The van der Waals surface area contributed by atoms with Crippen LogP contribution in [0.3, 0.4) is 0 Å². The second-order valence-corrected chi connectivity index (χ2v) is 7.80. The van der Waals surface area contributed by atoms with Gasteiger partial charge in [0.05, 0.1) is 4.91 Å². The zero-order chi connectivity index (χ0) is 21.0. The molecule has 0 unspecified atom stereocenters. The fourth-order valence-electron chi connectivity index (χ4n) is 2.37. The molecule has 0 saturated carbocycles. The van der Waals surface area contributed by atoms with Crippen molar-refractivity contribution in [3.8, 4) is 5.75 Å². The van der Waals surface area contributed by atoms with Crippen molar-refractivity contribution < 1.29 is 24.2 Å². The topological polar surface area (TPSA) is 95.9 Å². The van der Waals surface area contributed by atoms with Crippen LogP contribution in [0.5, 0.6) is 5.75 Å². The van der Waals surface area contributed by atoms with Crippen LogP contribution in [0.15, 0.2) is 53.4 Å². The van der Waals surface area contributed by atoms with Crippen molar-refractivity contribution in [3.05, 3.63) is 69.6 Å². The summed E-state index contributed by atoms with van der Waals surface area (Å²) in [6.07, 6.45) is 1.53. The molecule has 2 N–H and O–H groups in total. The molecule has 0 spiro atoms. The standard InChI is InChI=1S/C19H13ClN2O5S2/c20-13-6-3-5-12(8-13)17(25)21-22-18(26)15(29-19(22)28)9-11-4-1-2-7-14(11)27-10-16(23)24/h1-9H,10H2,(H,21,25)(H,23,24)/b15-9+. The van der Waals surface area contributed by atoms with Crippen molar-refractivity contribution >= 4 is 63.8 Å². The Kier molecular flexibility index (Phi) is 6.53. The summed E-state index contributed by atoms with van der Waals surface area (Å²) in [7, 11) is 0. The number of hydrogen-bond acceptors (Lipinski definition) is 6. The summed E-state index contributed by atoms with van der Waals surface area (Å²) >= 11 is 12.1. The minimum atomic E-state index is -1.12. The molecule has 2 aromatic rings. The van der Waals surface area contributed by atoms with E-state index in [0.717, 1.165) is 16.8 Å². The van der Waals surface area contributed by atoms with E-state index in [9.17, 15) is 14.4 Å². The van der Waals surface area contributed by atoms with Crippen LogP contribution < -0.4 is 10.2 Å². The van der Waals surface area contributed by atoms with Crippen molar-refractivity contribution in [2.75, 3.05) is 6.61 Å². The van der Waals surface area contributed by atoms with Crippen molar-refractivity contribution in [1.29, 1.82) is 0 Å². The van der Waals surface area contributed by atoms with E-state index in [-0.39, 0.29) is 14.8 Å². The quantitative estimate of drug-likeness (QED) is 0.516. The summed E-state index contributed by atoms with van der Waals surface area (Å²) in [5.74, 6) is -1.85. The van der Waals surface area contributed by atoms with E-state index in [2.05, 4.69) is 5.43 Å². The third kappa shape index (κ3) is 5.14. The summed E-state index contributed by atoms with van der Waals surface area (Å²) in [6, 6.07) is 13.0. The number of thiocarbonyl (C=S) groups is 1. The summed E-state index contributed by atoms with van der Waals surface area (Å²) in [5.41, 5.74) is 3.26. The van der Waals surface area contributed by atoms with E-state index >= 15 is 0 Å². The van der Waals surface area contributed by atoms with E-state index in [4.69, 9.17) is 33.7 Å². The Morgan fingerprint density at radius 3 is 2.72 bits per heavy atom. The molecule has 0 aliphatic carbocycles. The lowest BCUT2D eigenvalue weighted by atomic mass is 10.2. The normalized spacial score (nSPS) is 14.9. The number of halogens is 1. The highest BCUT2D eigenvalue weighted by atomic mass is 35.5. The molecular weight excluding hydrogens is 436 g/mol. The van der Waals surface area contributed by atoms with Gasteiger partial charge >= 0.3 is 5.97 Å². The smallest absolute Gasteiger partial charge is 0.341 e. The van der Waals surface area contributed by atoms with E-state index in [1.807, 2.05) is 0 Å². The zero-order valence-electron chi connectivity index (χ0n) is 14.6. The summed E-state index contributed by atoms with van der Waals surface area (Å²) in [6.45, 7) is -0.512. The van der Waals surface area contributed by atoms with Gasteiger partial charge in [-0.1, -0.05) is 47.6 Å². The van der Waals surface area contributed by atoms with Gasteiger partial charge < -0.3 is 9.84 Å². The molecule has 1 aliphatic rings. The third-order valence-electron chi connectivity index (χ3n) is 3.65. The third-order valence-corrected chi connectivity index (χ3v) is 5.19. The van der Waals surface area contributed by atoms with Gasteiger partial charge in [-0.25, -0.2) is 4.79 Å². The van der Waals surface area contributed by atoms with E-state index in [1.54, 1.807) is 42.5 Å². The Balaban J connectivity index is 1.78. The SMILES string of the molecule is O=C(O)COc1ccccc1/C=C1/SC(=S)N(NC(=O)c2cccc(Cl)c2)C1=O. The predicted molar refractivity (Wildman–Crippen MR) is 114 cm³/mol. The number of hydrazine groups is 1. The fraction of sp³-hybridized carbons (Fsp3) is 0.0526. The lowest BCUT2D eigenvalue weighted by Crippen LogP contribution is -2.44. The van der Waals surface area contributed by atoms with Crippen LogP contribution in [0.1, 0.15) is 15.9 Å². The van der Waals surface area contributed by atoms with Crippen LogP contribution in [0.25, 0.3) is 6.08 Å². The van der Waals surface area contributed by atoms with Crippen molar-refractivity contribution in [2.45, 2.75) is 0 Å². The Morgan fingerprint density at radius 2 is 2.00 bits per heavy atom. The van der Waals surface area contributed by atoms with Crippen LogP contribution in [-0.2, 0) is 9.59 Å². The molecular formula is C19H13ClN2O5S2. The first-order chi connectivity index (χ1) is 13.8. The average molecular weight is 449 g/mol. The zero-order valence-corrected chi connectivity index (χ0v) is 17.0. The van der Waals surface area contributed by atoms with Crippen molar-refractivity contribution in [2.24, 2.45) is 0 Å². The van der Waals surface area contributed by atoms with Gasteiger partial charge in [-0.05, 0) is 42.6 Å². The van der Waals surface area contributed by atoms with Gasteiger partial charge in [-0.2, -0.15) is 5.01 Å². The molecule has 2 aromatic carbocycles. The number of aliphatic carboxylic acids is 1. The van der Waals surface area contributed by atoms with Gasteiger partial charge in [-0.3, -0.25) is 15.0 Å². The number of carbonyl (C=O) groups is 3. The molecule has 1 heterocycles. The fourth-order valence-corrected chi connectivity index (χ4v) is 3.73. The van der Waals surface area contributed by atoms with Gasteiger partial charge in [-0.15, -0.1) is 0 Å². The Hall–Kier alpha value is -2.88. The minimum absolute atomic E-state index is 0.153. The van der Waals surface area contributed by atoms with Crippen LogP contribution in [0, 0.1) is 0 Å². The van der Waals surface area contributed by atoms with Crippen LogP contribution >= 0.6 is 35.6 Å². The highest BCUT2D eigenvalue weighted by Crippen LogP contribution is 2.33. The Bertz CT molecular complexity index is 1040. The molecule has 1 aliphatic heterocycles. The largest absolute Gasteiger partial charge is 0.481 e. The number of carbonyl (C=O) groups excluding carboxylic acids is 2. The molecule has 3 rings (SSSR count). The number of amides is 2. The molecule has 0 atom stereocenters. The van der Waals surface area contributed by atoms with Crippen LogP contribution in [-0.4, -0.2) is 38.8 Å². The number of para-hydroxylation sites is 1. The lowest BCUT2D eigenvalue weighted by Gasteiger charge is -2.15. The van der Waals surface area contributed by atoms with Gasteiger partial charge in [0, 0.05) is 16.1 Å². The predicted octanol–water partition coefficient (Wildman–Crippen LogP) is 3.35. The maximum absolute atomic E-state index is 12.7. The molecule has 0 radical (unpaired) electrons. The van der Waals surface area contributed by atoms with Gasteiger partial charge in [0.2, 0.25) is 0 Å². The molecule has 7 nitrogen and oxygen atoms in total. The molecule has 148 valence electrons. The maximum atomic E-state index is 12.7. The molecule has 1 saturated heterocycles. The van der Waals surface area contributed by atoms with Crippen LogP contribution in [0.2, 0.25) is 5.02 Å². The first-order valence-electron chi connectivity index (χ1n) is 8.13. The number of ether oxygens (including phenoxy) is 1. The van der Waals surface area contributed by atoms with Gasteiger partial charge in [0.15, 0.2) is 10.9 Å². The van der Waals surface area contributed by atoms with E-state index in [0.29, 0.717) is 16.3 Å². The number of benzene rings is 2. The molecule has 29 heavy (non-hydrogen) atoms. The monoisotopic (exact) mass is 448 g/mol. The number of rotatable bonds is 6. The lowest BCUT2D eigenvalue weighted by molar-refractivity contribution is -0.139. The second kappa shape index (κ2) is 9.08. The summed E-state index contributed by atoms with van der Waals surface area (Å²) in [5, 5.41) is 10.2. The minimum Gasteiger partial charge on any atom is -0.481 e. The van der Waals surface area contributed by atoms with E-state index in [1.165, 1.54) is 12.1 Å². The number of carboxylic acid groups (broad SMARTS) is 1. The Labute approximate surface area is 180 Å². The van der Waals surface area contributed by atoms with Gasteiger partial charge in [0.25, 0.3) is 11.8 Å². The molecule has 1 fully saturated rings. The number of thioether (sulfide) groups is 1. The van der Waals surface area contributed by atoms with Crippen molar-refractivity contribution in [3.63, 3.8) is 0 Å². The van der Waals surface area contributed by atoms with Gasteiger partial charge in [0.1, 0.15) is 5.75 Å². The van der Waals surface area contributed by atoms with Crippen LogP contribution in [0.4, 0.5) is 0 Å². The van der Waals surface area contributed by atoms with Crippen molar-refractivity contribution in [1.82, 2.24) is 10.4 Å². The summed E-state index contributed by atoms with van der Waals surface area (Å²) in [4.78, 5) is 36.1. The Morgan fingerprint density at radius 1 is 1.24 bits per heavy atom. The summed E-state index contributed by atoms with van der Waals surface area (Å²) < 4.78 is 5.39. The molecule has 0 aromatic heterocycles. The first kappa shape index (κ1) is 20.8. The average Bonchev–Trinajstić information content (AvgIpc) is 2.94. The first-order valence-corrected chi connectivity index (χ1v) is 9.73. The number of nitrogens with zero attached hydrogens (tertiary/aromatic N) is 1. The molecule has 0 bridgehead atoms. The van der Waals surface area contributed by atoms with E-state index < -0.39 is 24.4 Å². The maximum Gasteiger partial charge on any atom is 0.341 e. The number of hydrogen-bond donors (Lipinski definition) is 2. The highest BCUT2D eigenvalue weighted by molar-refractivity contribution is 8.26. The molecule has 2 amide bonds. The highest BCUT2D eigenvalue weighted by Gasteiger charge is 2.34. The second-order valence-electron chi connectivity index (χ2n) is 5.69. The number of nitrogens with one attached hydrogen (secondary N) is 1. The number of carboxylic acids is 1. The molecule has 10 heteroatoms.